The van der Waals surface area contributed by atoms with Crippen LogP contribution in [0.2, 0.25) is 0 Å². The predicted octanol–water partition coefficient (Wildman–Crippen LogP) is 3.79. The van der Waals surface area contributed by atoms with Gasteiger partial charge < -0.3 is 5.32 Å². The fourth-order valence-electron chi connectivity index (χ4n) is 1.89. The minimum Gasteiger partial charge on any atom is -0.306 e. The number of fused-ring (bicyclic) bond motifs is 1. The maximum absolute atomic E-state index is 12.2. The molecule has 2 aromatic rings. The van der Waals surface area contributed by atoms with Crippen molar-refractivity contribution in [3.8, 4) is 0 Å². The maximum Gasteiger partial charge on any atom is 0.266 e. The number of hydrogen-bond donors (Lipinski definition) is 1. The van der Waals surface area contributed by atoms with Crippen LogP contribution in [0, 0.1) is 3.57 Å². The van der Waals surface area contributed by atoms with Crippen LogP contribution >= 0.6 is 45.7 Å². The van der Waals surface area contributed by atoms with Gasteiger partial charge in [0, 0.05) is 20.4 Å². The zero-order valence-electron chi connectivity index (χ0n) is 9.98. The first kappa shape index (κ1) is 13.4. The lowest BCUT2D eigenvalue weighted by Gasteiger charge is -2.08. The number of hydrogen-bond acceptors (Lipinski definition) is 4. The fourth-order valence-corrected chi connectivity index (χ4v) is 4.47. The SMILES string of the molecule is O=C(Nc1ccc(I)cn1)c1cc2c(s1)CCSC2. The number of aromatic nitrogens is 1. The molecule has 0 aromatic carbocycles. The third kappa shape index (κ3) is 3.11. The number of nitrogens with one attached hydrogen (secondary N) is 1. The normalized spacial score (nSPS) is 13.9. The fraction of sp³-hybridized carbons (Fsp3) is 0.231. The number of aryl methyl sites for hydroxylation is 1. The van der Waals surface area contributed by atoms with Gasteiger partial charge in [-0.2, -0.15) is 11.8 Å². The summed E-state index contributed by atoms with van der Waals surface area (Å²) in [5.41, 5.74) is 1.32. The van der Waals surface area contributed by atoms with E-state index < -0.39 is 0 Å². The van der Waals surface area contributed by atoms with Crippen LogP contribution in [-0.2, 0) is 12.2 Å². The topological polar surface area (TPSA) is 42.0 Å². The highest BCUT2D eigenvalue weighted by molar-refractivity contribution is 14.1. The number of pyridine rings is 1. The molecule has 2 aromatic heterocycles. The molecule has 0 atom stereocenters. The number of thioether (sulfide) groups is 1. The Bertz CT molecular complexity index is 586. The molecule has 1 amide bonds. The van der Waals surface area contributed by atoms with E-state index in [4.69, 9.17) is 0 Å². The molecule has 98 valence electrons. The Morgan fingerprint density at radius 2 is 2.32 bits per heavy atom. The number of thiophene rings is 1. The van der Waals surface area contributed by atoms with Crippen LogP contribution in [0.15, 0.2) is 24.4 Å². The Labute approximate surface area is 133 Å². The summed E-state index contributed by atoms with van der Waals surface area (Å²) in [6.45, 7) is 0. The molecule has 1 aliphatic rings. The number of nitrogens with zero attached hydrogens (tertiary/aromatic N) is 1. The molecule has 0 spiro atoms. The lowest BCUT2D eigenvalue weighted by Crippen LogP contribution is -2.11. The Kier molecular flexibility index (Phi) is 4.09. The lowest BCUT2D eigenvalue weighted by molar-refractivity contribution is 0.103. The first-order valence-electron chi connectivity index (χ1n) is 5.84. The van der Waals surface area contributed by atoms with Crippen molar-refractivity contribution in [2.24, 2.45) is 0 Å². The van der Waals surface area contributed by atoms with Crippen molar-refractivity contribution in [1.29, 1.82) is 0 Å². The van der Waals surface area contributed by atoms with Gasteiger partial charge >= 0.3 is 0 Å². The van der Waals surface area contributed by atoms with E-state index in [1.54, 1.807) is 17.5 Å². The van der Waals surface area contributed by atoms with Gasteiger partial charge in [-0.15, -0.1) is 11.3 Å². The van der Waals surface area contributed by atoms with Crippen LogP contribution in [-0.4, -0.2) is 16.6 Å². The summed E-state index contributed by atoms with van der Waals surface area (Å²) in [7, 11) is 0. The predicted molar refractivity (Wildman–Crippen MR) is 89.1 cm³/mol. The molecule has 1 N–H and O–H groups in total. The van der Waals surface area contributed by atoms with E-state index in [2.05, 4.69) is 32.9 Å². The first-order chi connectivity index (χ1) is 9.22. The van der Waals surface area contributed by atoms with Crippen LogP contribution in [0.25, 0.3) is 0 Å². The van der Waals surface area contributed by atoms with Gasteiger partial charge in [-0.25, -0.2) is 4.98 Å². The van der Waals surface area contributed by atoms with Crippen molar-refractivity contribution in [1.82, 2.24) is 4.98 Å². The highest BCUT2D eigenvalue weighted by Crippen LogP contribution is 2.31. The summed E-state index contributed by atoms with van der Waals surface area (Å²) in [5, 5.41) is 2.84. The molecule has 1 aliphatic heterocycles. The number of amides is 1. The van der Waals surface area contributed by atoms with Crippen molar-refractivity contribution in [3.05, 3.63) is 43.3 Å². The van der Waals surface area contributed by atoms with Gasteiger partial charge in [0.2, 0.25) is 0 Å². The summed E-state index contributed by atoms with van der Waals surface area (Å²) in [6.07, 6.45) is 2.83. The molecule has 6 heteroatoms. The van der Waals surface area contributed by atoms with E-state index in [1.165, 1.54) is 10.4 Å². The minimum atomic E-state index is -0.0573. The molecule has 19 heavy (non-hydrogen) atoms. The standard InChI is InChI=1S/C13H11IN2OS2/c14-9-1-2-12(15-6-9)16-13(17)11-5-8-7-18-4-3-10(8)19-11/h1-2,5-6H,3-4,7H2,(H,15,16,17). The second kappa shape index (κ2) is 5.80. The Hall–Kier alpha value is -0.600. The molecule has 0 bridgehead atoms. The second-order valence-electron chi connectivity index (χ2n) is 4.18. The number of carbonyl (C=O) groups excluding carboxylic acids is 1. The highest BCUT2D eigenvalue weighted by atomic mass is 127. The van der Waals surface area contributed by atoms with Crippen LogP contribution in [0.4, 0.5) is 5.82 Å². The Balaban J connectivity index is 1.76. The van der Waals surface area contributed by atoms with Gasteiger partial charge in [0.1, 0.15) is 5.82 Å². The number of carbonyl (C=O) groups is 1. The smallest absolute Gasteiger partial charge is 0.266 e. The largest absolute Gasteiger partial charge is 0.306 e. The average Bonchev–Trinajstić information content (AvgIpc) is 2.85. The van der Waals surface area contributed by atoms with Crippen molar-refractivity contribution >= 4 is 57.4 Å². The van der Waals surface area contributed by atoms with E-state index in [0.29, 0.717) is 5.82 Å². The van der Waals surface area contributed by atoms with E-state index in [9.17, 15) is 4.79 Å². The number of halogens is 1. The van der Waals surface area contributed by atoms with Gasteiger partial charge in [-0.05, 0) is 58.5 Å². The molecular formula is C13H11IN2OS2. The van der Waals surface area contributed by atoms with Crippen molar-refractivity contribution in [3.63, 3.8) is 0 Å². The van der Waals surface area contributed by atoms with Crippen LogP contribution < -0.4 is 5.32 Å². The quantitative estimate of drug-likeness (QED) is 0.778. The van der Waals surface area contributed by atoms with Crippen LogP contribution in [0.3, 0.4) is 0 Å². The zero-order chi connectivity index (χ0) is 13.2. The average molecular weight is 402 g/mol. The molecule has 3 rings (SSSR count). The third-order valence-electron chi connectivity index (χ3n) is 2.82. The molecule has 0 radical (unpaired) electrons. The summed E-state index contributed by atoms with van der Waals surface area (Å²) < 4.78 is 1.05. The second-order valence-corrected chi connectivity index (χ2v) is 7.66. The molecule has 0 aliphatic carbocycles. The zero-order valence-corrected chi connectivity index (χ0v) is 13.8. The van der Waals surface area contributed by atoms with Gasteiger partial charge in [0.25, 0.3) is 5.91 Å². The summed E-state index contributed by atoms with van der Waals surface area (Å²) in [5.74, 6) is 2.73. The van der Waals surface area contributed by atoms with Crippen LogP contribution in [0.5, 0.6) is 0 Å². The Morgan fingerprint density at radius 3 is 3.05 bits per heavy atom. The Morgan fingerprint density at radius 1 is 1.42 bits per heavy atom. The maximum atomic E-state index is 12.2. The molecule has 0 fully saturated rings. The first-order valence-corrected chi connectivity index (χ1v) is 8.89. The summed E-state index contributed by atoms with van der Waals surface area (Å²) in [4.78, 5) is 18.5. The molecule has 3 nitrogen and oxygen atoms in total. The third-order valence-corrected chi connectivity index (χ3v) is 5.70. The van der Waals surface area contributed by atoms with Gasteiger partial charge in [-0.3, -0.25) is 4.79 Å². The van der Waals surface area contributed by atoms with Crippen LogP contribution in [0.1, 0.15) is 20.1 Å². The number of rotatable bonds is 2. The lowest BCUT2D eigenvalue weighted by atomic mass is 10.2. The molecular weight excluding hydrogens is 391 g/mol. The number of anilines is 1. The molecule has 0 saturated heterocycles. The molecule has 0 saturated carbocycles. The summed E-state index contributed by atoms with van der Waals surface area (Å²) >= 11 is 5.73. The van der Waals surface area contributed by atoms with Crippen molar-refractivity contribution in [2.75, 3.05) is 11.1 Å². The van der Waals surface area contributed by atoms with Gasteiger partial charge in [-0.1, -0.05) is 0 Å². The van der Waals surface area contributed by atoms with Crippen molar-refractivity contribution in [2.45, 2.75) is 12.2 Å². The molecule has 3 heterocycles. The van der Waals surface area contributed by atoms with Gasteiger partial charge in [0.05, 0.1) is 4.88 Å². The van der Waals surface area contributed by atoms with E-state index >= 15 is 0 Å². The highest BCUT2D eigenvalue weighted by Gasteiger charge is 2.17. The van der Waals surface area contributed by atoms with E-state index in [-0.39, 0.29) is 5.91 Å². The van der Waals surface area contributed by atoms with Crippen molar-refractivity contribution < 1.29 is 4.79 Å². The van der Waals surface area contributed by atoms with E-state index in [0.717, 1.165) is 26.4 Å². The van der Waals surface area contributed by atoms with Gasteiger partial charge in [0.15, 0.2) is 0 Å². The molecule has 0 unspecified atom stereocenters. The minimum absolute atomic E-state index is 0.0573. The summed E-state index contributed by atoms with van der Waals surface area (Å²) in [6, 6.07) is 5.77. The monoisotopic (exact) mass is 402 g/mol. The van der Waals surface area contributed by atoms with E-state index in [1.807, 2.05) is 30.0 Å².